The summed E-state index contributed by atoms with van der Waals surface area (Å²) in [6.07, 6.45) is 0.750. The Morgan fingerprint density at radius 2 is 1.93 bits per heavy atom. The summed E-state index contributed by atoms with van der Waals surface area (Å²) in [5.74, 6) is -0.113. The van der Waals surface area contributed by atoms with E-state index < -0.39 is 6.23 Å². The zero-order chi connectivity index (χ0) is 18.5. The van der Waals surface area contributed by atoms with E-state index in [2.05, 4.69) is 4.37 Å². The van der Waals surface area contributed by atoms with Gasteiger partial charge in [-0.25, -0.2) is 14.4 Å². The highest BCUT2D eigenvalue weighted by Gasteiger charge is 2.40. The number of aliphatic hydroxyl groups is 1. The number of hydrogen-bond donors (Lipinski definition) is 1. The van der Waals surface area contributed by atoms with Crippen molar-refractivity contribution >= 4 is 27.5 Å². The van der Waals surface area contributed by atoms with Crippen molar-refractivity contribution in [2.24, 2.45) is 0 Å². The highest BCUT2D eigenvalue weighted by Crippen LogP contribution is 2.38. The molecule has 1 fully saturated rings. The van der Waals surface area contributed by atoms with Crippen LogP contribution in [0.2, 0.25) is 0 Å². The molecule has 0 aliphatic carbocycles. The number of amides is 1. The molecule has 0 saturated carbocycles. The summed E-state index contributed by atoms with van der Waals surface area (Å²) in [5.41, 5.74) is 2.25. The lowest BCUT2D eigenvalue weighted by molar-refractivity contribution is -0.111. The van der Waals surface area contributed by atoms with E-state index in [9.17, 15) is 14.3 Å². The van der Waals surface area contributed by atoms with Gasteiger partial charge in [0.25, 0.3) is 5.91 Å². The van der Waals surface area contributed by atoms with Gasteiger partial charge in [0.1, 0.15) is 5.82 Å². The van der Waals surface area contributed by atoms with Crippen molar-refractivity contribution in [1.29, 1.82) is 0 Å². The maximum absolute atomic E-state index is 13.4. The Morgan fingerprint density at radius 3 is 2.70 bits per heavy atom. The zero-order valence-electron chi connectivity index (χ0n) is 14.5. The number of piperidine rings is 1. The Hall–Kier alpha value is -2.35. The molecular weight excluding hydrogens is 365 g/mol. The summed E-state index contributed by atoms with van der Waals surface area (Å²) < 4.78 is 18.8. The molecule has 2 aliphatic rings. The molecule has 1 aromatic heterocycles. The molecule has 27 heavy (non-hydrogen) atoms. The van der Waals surface area contributed by atoms with Crippen molar-refractivity contribution in [1.82, 2.24) is 14.4 Å². The van der Waals surface area contributed by atoms with E-state index in [1.54, 1.807) is 18.2 Å². The number of benzene rings is 2. The molecule has 5 rings (SSSR count). The second kappa shape index (κ2) is 6.37. The monoisotopic (exact) mass is 383 g/mol. The first-order valence-corrected chi connectivity index (χ1v) is 9.81. The van der Waals surface area contributed by atoms with Crippen LogP contribution in [0.15, 0.2) is 42.5 Å². The topological polar surface area (TPSA) is 56.7 Å². The van der Waals surface area contributed by atoms with E-state index in [1.807, 2.05) is 17.1 Å². The third-order valence-corrected chi connectivity index (χ3v) is 6.36. The van der Waals surface area contributed by atoms with Crippen LogP contribution in [0.5, 0.6) is 0 Å². The van der Waals surface area contributed by atoms with Crippen LogP contribution in [0.25, 0.3) is 10.1 Å². The first kappa shape index (κ1) is 16.8. The number of nitrogens with zero attached hydrogens (tertiary/aromatic N) is 3. The lowest BCUT2D eigenvalue weighted by Gasteiger charge is -2.38. The van der Waals surface area contributed by atoms with Crippen LogP contribution < -0.4 is 0 Å². The molecule has 3 heterocycles. The van der Waals surface area contributed by atoms with E-state index in [1.165, 1.54) is 28.7 Å². The van der Waals surface area contributed by atoms with Crippen molar-refractivity contribution < 1.29 is 14.3 Å². The minimum absolute atomic E-state index is 0.147. The zero-order valence-corrected chi connectivity index (χ0v) is 15.3. The van der Waals surface area contributed by atoms with E-state index in [0.29, 0.717) is 24.2 Å². The number of aliphatic hydroxyl groups excluding tert-OH is 1. The summed E-state index contributed by atoms with van der Waals surface area (Å²) in [5, 5.41) is 15.0. The van der Waals surface area contributed by atoms with Gasteiger partial charge < -0.3 is 5.11 Å². The second-order valence-electron chi connectivity index (χ2n) is 7.05. The summed E-state index contributed by atoms with van der Waals surface area (Å²) in [7, 11) is 0. The van der Waals surface area contributed by atoms with Gasteiger partial charge in [0.05, 0.1) is 10.4 Å². The largest absolute Gasteiger partial charge is 0.368 e. The Balaban J connectivity index is 1.34. The number of carbonyl (C=O) groups excluding carboxylic acids is 1. The SMILES string of the molecule is O=C1c2ccccc2C(O)N1N1CCC(c2nsc3cc(F)ccc23)CC1. The molecule has 0 bridgehead atoms. The molecule has 1 amide bonds. The van der Waals surface area contributed by atoms with E-state index >= 15 is 0 Å². The molecule has 1 unspecified atom stereocenters. The molecule has 2 aliphatic heterocycles. The Bertz CT molecular complexity index is 1030. The molecule has 5 nitrogen and oxygen atoms in total. The molecule has 1 N–H and O–H groups in total. The van der Waals surface area contributed by atoms with Crippen molar-refractivity contribution in [3.8, 4) is 0 Å². The number of carbonyl (C=O) groups is 1. The van der Waals surface area contributed by atoms with Crippen LogP contribution >= 0.6 is 11.5 Å². The van der Waals surface area contributed by atoms with Crippen molar-refractivity contribution in [3.63, 3.8) is 0 Å². The van der Waals surface area contributed by atoms with Crippen LogP contribution in [0.3, 0.4) is 0 Å². The smallest absolute Gasteiger partial charge is 0.271 e. The third kappa shape index (κ3) is 2.65. The summed E-state index contributed by atoms with van der Waals surface area (Å²) in [4.78, 5) is 12.7. The van der Waals surface area contributed by atoms with E-state index in [0.717, 1.165) is 28.6 Å². The molecule has 7 heteroatoms. The van der Waals surface area contributed by atoms with Gasteiger partial charge in [0.15, 0.2) is 6.23 Å². The standard InChI is InChI=1S/C20H18FN3O2S/c21-13-5-6-16-17(11-13)27-22-18(16)12-7-9-23(10-8-12)24-19(25)14-3-1-2-4-15(14)20(24)26/h1-6,11-12,19,25H,7-10H2. The first-order valence-electron chi connectivity index (χ1n) is 9.04. The fraction of sp³-hybridized carbons (Fsp3) is 0.300. The Kier molecular flexibility index (Phi) is 3.96. The normalized spacial score (nSPS) is 21.2. The van der Waals surface area contributed by atoms with Crippen LogP contribution in [-0.4, -0.2) is 38.5 Å². The van der Waals surface area contributed by atoms with Crippen molar-refractivity contribution in [2.45, 2.75) is 25.0 Å². The number of aromatic nitrogens is 1. The maximum atomic E-state index is 13.4. The van der Waals surface area contributed by atoms with Gasteiger partial charge in [-0.1, -0.05) is 18.2 Å². The number of hydrogen-bond acceptors (Lipinski definition) is 5. The van der Waals surface area contributed by atoms with Gasteiger partial charge in [-0.2, -0.15) is 4.37 Å². The molecule has 138 valence electrons. The number of halogens is 1. The number of fused-ring (bicyclic) bond motifs is 2. The molecule has 2 aromatic carbocycles. The minimum atomic E-state index is -0.923. The van der Waals surface area contributed by atoms with Crippen molar-refractivity contribution in [3.05, 3.63) is 65.1 Å². The Labute approximate surface area is 159 Å². The molecule has 3 aromatic rings. The predicted octanol–water partition coefficient (Wildman–Crippen LogP) is 3.68. The average Bonchev–Trinajstić information content (AvgIpc) is 3.21. The first-order chi connectivity index (χ1) is 13.1. The number of hydrazine groups is 1. The third-order valence-electron chi connectivity index (χ3n) is 5.53. The minimum Gasteiger partial charge on any atom is -0.368 e. The van der Waals surface area contributed by atoms with Crippen LogP contribution in [0.4, 0.5) is 4.39 Å². The van der Waals surface area contributed by atoms with Gasteiger partial charge in [0, 0.05) is 35.5 Å². The highest BCUT2D eigenvalue weighted by atomic mass is 32.1. The van der Waals surface area contributed by atoms with E-state index in [4.69, 9.17) is 0 Å². The molecule has 1 atom stereocenters. The lowest BCUT2D eigenvalue weighted by Crippen LogP contribution is -2.48. The Morgan fingerprint density at radius 1 is 1.15 bits per heavy atom. The molecular formula is C20H18FN3O2S. The van der Waals surface area contributed by atoms with Gasteiger partial charge in [-0.05, 0) is 48.6 Å². The maximum Gasteiger partial charge on any atom is 0.271 e. The highest BCUT2D eigenvalue weighted by molar-refractivity contribution is 7.13. The number of rotatable bonds is 2. The summed E-state index contributed by atoms with van der Waals surface area (Å²) >= 11 is 1.33. The molecule has 0 radical (unpaired) electrons. The fourth-order valence-electron chi connectivity index (χ4n) is 4.15. The quantitative estimate of drug-likeness (QED) is 0.734. The fourth-order valence-corrected chi connectivity index (χ4v) is 5.03. The van der Waals surface area contributed by atoms with Gasteiger partial charge in [-0.15, -0.1) is 0 Å². The van der Waals surface area contributed by atoms with Gasteiger partial charge in [-0.3, -0.25) is 4.79 Å². The summed E-state index contributed by atoms with van der Waals surface area (Å²) in [6, 6.07) is 12.0. The summed E-state index contributed by atoms with van der Waals surface area (Å²) in [6.45, 7) is 1.34. The van der Waals surface area contributed by atoms with Gasteiger partial charge in [0.2, 0.25) is 0 Å². The van der Waals surface area contributed by atoms with Crippen molar-refractivity contribution in [2.75, 3.05) is 13.1 Å². The van der Waals surface area contributed by atoms with Crippen LogP contribution in [-0.2, 0) is 0 Å². The van der Waals surface area contributed by atoms with Gasteiger partial charge >= 0.3 is 0 Å². The second-order valence-corrected chi connectivity index (χ2v) is 7.85. The van der Waals surface area contributed by atoms with Crippen LogP contribution in [0.1, 0.15) is 46.6 Å². The molecule has 1 saturated heterocycles. The predicted molar refractivity (Wildman–Crippen MR) is 101 cm³/mol. The van der Waals surface area contributed by atoms with E-state index in [-0.39, 0.29) is 17.6 Å². The average molecular weight is 383 g/mol. The molecule has 0 spiro atoms. The van der Waals surface area contributed by atoms with Crippen LogP contribution in [0, 0.1) is 5.82 Å². The lowest BCUT2D eigenvalue weighted by atomic mass is 9.92.